The third-order valence-corrected chi connectivity index (χ3v) is 3.72. The van der Waals surface area contributed by atoms with Crippen molar-refractivity contribution in [2.45, 2.75) is 32.0 Å². The first-order chi connectivity index (χ1) is 10.3. The topological polar surface area (TPSA) is 59.0 Å². The number of halogens is 1. The Morgan fingerprint density at radius 3 is 2.86 bits per heavy atom. The van der Waals surface area contributed by atoms with E-state index in [2.05, 4.69) is 27.9 Å². The smallest absolute Gasteiger partial charge is 0.237 e. The van der Waals surface area contributed by atoms with Gasteiger partial charge in [0.2, 0.25) is 5.91 Å². The zero-order valence-electron chi connectivity index (χ0n) is 12.4. The molecule has 5 nitrogen and oxygen atoms in total. The minimum atomic E-state index is -0.0237. The maximum absolute atomic E-state index is 11.9. The van der Waals surface area contributed by atoms with Crippen LogP contribution >= 0.6 is 12.4 Å². The lowest BCUT2D eigenvalue weighted by molar-refractivity contribution is -0.122. The highest BCUT2D eigenvalue weighted by Gasteiger charge is 2.21. The monoisotopic (exact) mass is 320 g/mol. The van der Waals surface area contributed by atoms with Gasteiger partial charge in [-0.1, -0.05) is 30.3 Å². The average molecular weight is 321 g/mol. The van der Waals surface area contributed by atoms with Gasteiger partial charge in [0.1, 0.15) is 0 Å². The van der Waals surface area contributed by atoms with Crippen LogP contribution in [0.1, 0.15) is 24.0 Å². The molecule has 0 aliphatic carbocycles. The van der Waals surface area contributed by atoms with E-state index in [1.54, 1.807) is 0 Å². The third kappa shape index (κ3) is 4.32. The number of nitrogens with one attached hydrogen (secondary N) is 2. The van der Waals surface area contributed by atoms with E-state index < -0.39 is 0 Å². The fraction of sp³-hybridized carbons (Fsp3) is 0.375. The predicted molar refractivity (Wildman–Crippen MR) is 87.9 cm³/mol. The Morgan fingerprint density at radius 1 is 1.32 bits per heavy atom. The van der Waals surface area contributed by atoms with Crippen LogP contribution in [-0.2, 0) is 17.9 Å². The van der Waals surface area contributed by atoms with Crippen LogP contribution in [0.3, 0.4) is 0 Å². The van der Waals surface area contributed by atoms with Crippen LogP contribution in [-0.4, -0.2) is 28.3 Å². The summed E-state index contributed by atoms with van der Waals surface area (Å²) in [6, 6.07) is 10.2. The summed E-state index contributed by atoms with van der Waals surface area (Å²) in [7, 11) is 0. The van der Waals surface area contributed by atoms with E-state index in [0.717, 1.165) is 31.5 Å². The lowest BCUT2D eigenvalue weighted by Gasteiger charge is -2.09. The van der Waals surface area contributed by atoms with Crippen molar-refractivity contribution >= 4 is 18.3 Å². The second-order valence-corrected chi connectivity index (χ2v) is 5.40. The number of carbonyl (C=O) groups excluding carboxylic acids is 1. The molecule has 0 radical (unpaired) electrons. The van der Waals surface area contributed by atoms with Gasteiger partial charge in [-0.3, -0.25) is 9.48 Å². The van der Waals surface area contributed by atoms with Crippen molar-refractivity contribution in [1.82, 2.24) is 20.4 Å². The summed E-state index contributed by atoms with van der Waals surface area (Å²) in [5.74, 6) is 0.0864. The van der Waals surface area contributed by atoms with Crippen LogP contribution in [0.4, 0.5) is 0 Å². The molecule has 2 heterocycles. The summed E-state index contributed by atoms with van der Waals surface area (Å²) in [6.07, 6.45) is 5.80. The SMILES string of the molecule is Cl.O=C(NCc1cnn(Cc2ccccc2)c1)C1CCCN1. The van der Waals surface area contributed by atoms with Gasteiger partial charge in [-0.05, 0) is 24.9 Å². The Morgan fingerprint density at radius 2 is 2.14 bits per heavy atom. The molecule has 3 rings (SSSR count). The van der Waals surface area contributed by atoms with Gasteiger partial charge < -0.3 is 10.6 Å². The minimum absolute atomic E-state index is 0. The van der Waals surface area contributed by atoms with Gasteiger partial charge in [-0.15, -0.1) is 12.4 Å². The van der Waals surface area contributed by atoms with E-state index >= 15 is 0 Å². The summed E-state index contributed by atoms with van der Waals surface area (Å²) in [4.78, 5) is 11.9. The molecule has 118 valence electrons. The summed E-state index contributed by atoms with van der Waals surface area (Å²) >= 11 is 0. The molecule has 1 aromatic carbocycles. The molecule has 1 aliphatic rings. The fourth-order valence-electron chi connectivity index (χ4n) is 2.58. The van der Waals surface area contributed by atoms with Crippen LogP contribution in [0.2, 0.25) is 0 Å². The van der Waals surface area contributed by atoms with E-state index in [4.69, 9.17) is 0 Å². The Labute approximate surface area is 136 Å². The zero-order chi connectivity index (χ0) is 14.5. The van der Waals surface area contributed by atoms with Gasteiger partial charge in [0.05, 0.1) is 18.8 Å². The number of carbonyl (C=O) groups is 1. The molecule has 1 atom stereocenters. The minimum Gasteiger partial charge on any atom is -0.351 e. The quantitative estimate of drug-likeness (QED) is 0.882. The lowest BCUT2D eigenvalue weighted by Crippen LogP contribution is -2.39. The standard InChI is InChI=1S/C16H20N4O.ClH/c21-16(15-7-4-8-17-15)18-9-14-10-19-20(12-14)11-13-5-2-1-3-6-13;/h1-3,5-6,10,12,15,17H,4,7-9,11H2,(H,18,21);1H. The predicted octanol–water partition coefficient (Wildman–Crippen LogP) is 1.72. The van der Waals surface area contributed by atoms with Crippen LogP contribution in [0, 0.1) is 0 Å². The number of hydrogen-bond acceptors (Lipinski definition) is 3. The summed E-state index contributed by atoms with van der Waals surface area (Å²) in [5, 5.41) is 10.5. The molecule has 2 aromatic rings. The number of amides is 1. The van der Waals surface area contributed by atoms with Crippen molar-refractivity contribution < 1.29 is 4.79 Å². The van der Waals surface area contributed by atoms with Crippen molar-refractivity contribution in [2.24, 2.45) is 0 Å². The molecule has 1 saturated heterocycles. The normalized spacial score (nSPS) is 17.0. The second-order valence-electron chi connectivity index (χ2n) is 5.40. The van der Waals surface area contributed by atoms with Crippen LogP contribution < -0.4 is 10.6 Å². The molecule has 2 N–H and O–H groups in total. The molecular weight excluding hydrogens is 300 g/mol. The van der Waals surface area contributed by atoms with Crippen LogP contribution in [0.15, 0.2) is 42.7 Å². The lowest BCUT2D eigenvalue weighted by atomic mass is 10.2. The van der Waals surface area contributed by atoms with Gasteiger partial charge >= 0.3 is 0 Å². The third-order valence-electron chi connectivity index (χ3n) is 3.72. The second kappa shape index (κ2) is 7.96. The van der Waals surface area contributed by atoms with Gasteiger partial charge in [0.15, 0.2) is 0 Å². The van der Waals surface area contributed by atoms with Crippen LogP contribution in [0.5, 0.6) is 0 Å². The van der Waals surface area contributed by atoms with E-state index in [9.17, 15) is 4.79 Å². The fourth-order valence-corrected chi connectivity index (χ4v) is 2.58. The van der Waals surface area contributed by atoms with Crippen molar-refractivity contribution in [3.8, 4) is 0 Å². The van der Waals surface area contributed by atoms with Crippen LogP contribution in [0.25, 0.3) is 0 Å². The molecule has 1 aliphatic heterocycles. The molecule has 0 saturated carbocycles. The molecular formula is C16H21ClN4O. The summed E-state index contributed by atoms with van der Waals surface area (Å²) in [5.41, 5.74) is 2.24. The first kappa shape index (κ1) is 16.5. The Balaban J connectivity index is 0.00000176. The van der Waals surface area contributed by atoms with Crippen molar-refractivity contribution in [3.05, 3.63) is 53.9 Å². The first-order valence-corrected chi connectivity index (χ1v) is 7.37. The Hall–Kier alpha value is -1.85. The van der Waals surface area contributed by atoms with E-state index in [1.165, 1.54) is 5.56 Å². The number of nitrogens with zero attached hydrogens (tertiary/aromatic N) is 2. The van der Waals surface area contributed by atoms with Crippen molar-refractivity contribution in [2.75, 3.05) is 6.54 Å². The summed E-state index contributed by atoms with van der Waals surface area (Å²) < 4.78 is 1.89. The zero-order valence-corrected chi connectivity index (χ0v) is 13.2. The molecule has 22 heavy (non-hydrogen) atoms. The molecule has 6 heteroatoms. The number of hydrogen-bond donors (Lipinski definition) is 2. The molecule has 0 bridgehead atoms. The van der Waals surface area contributed by atoms with E-state index in [1.807, 2.05) is 35.3 Å². The van der Waals surface area contributed by atoms with E-state index in [-0.39, 0.29) is 24.4 Å². The number of benzene rings is 1. The van der Waals surface area contributed by atoms with Crippen molar-refractivity contribution in [3.63, 3.8) is 0 Å². The summed E-state index contributed by atoms with van der Waals surface area (Å²) in [6.45, 7) is 2.22. The number of aromatic nitrogens is 2. The van der Waals surface area contributed by atoms with Gasteiger partial charge in [-0.25, -0.2) is 0 Å². The highest BCUT2D eigenvalue weighted by Crippen LogP contribution is 2.06. The number of rotatable bonds is 5. The van der Waals surface area contributed by atoms with Gasteiger partial charge in [0, 0.05) is 18.3 Å². The highest BCUT2D eigenvalue weighted by molar-refractivity contribution is 5.85. The largest absolute Gasteiger partial charge is 0.351 e. The van der Waals surface area contributed by atoms with Crippen molar-refractivity contribution in [1.29, 1.82) is 0 Å². The maximum atomic E-state index is 11.9. The molecule has 0 spiro atoms. The average Bonchev–Trinajstić information content (AvgIpc) is 3.17. The molecule has 1 amide bonds. The Bertz CT molecular complexity index is 593. The molecule has 1 aromatic heterocycles. The van der Waals surface area contributed by atoms with Gasteiger partial charge in [0.25, 0.3) is 0 Å². The molecule has 1 fully saturated rings. The molecule has 1 unspecified atom stereocenters. The maximum Gasteiger partial charge on any atom is 0.237 e. The van der Waals surface area contributed by atoms with Gasteiger partial charge in [-0.2, -0.15) is 5.10 Å². The van der Waals surface area contributed by atoms with E-state index in [0.29, 0.717) is 6.54 Å². The first-order valence-electron chi connectivity index (χ1n) is 7.37. The highest BCUT2D eigenvalue weighted by atomic mass is 35.5. The Kier molecular flexibility index (Phi) is 5.98.